The molecule has 1 fully saturated rings. The van der Waals surface area contributed by atoms with Crippen molar-refractivity contribution in [2.45, 2.75) is 123 Å². The Hall–Kier alpha value is -5.08. The van der Waals surface area contributed by atoms with Gasteiger partial charge in [-0.3, -0.25) is 29.0 Å². The molecule has 312 valence electrons. The molecule has 1 aromatic rings. The van der Waals surface area contributed by atoms with E-state index in [9.17, 15) is 39.0 Å². The fourth-order valence-electron chi connectivity index (χ4n) is 6.57. The quantitative estimate of drug-likeness (QED) is 0.121. The Labute approximate surface area is 336 Å². The highest BCUT2D eigenvalue weighted by Gasteiger charge is 2.38. The summed E-state index contributed by atoms with van der Waals surface area (Å²) in [7, 11) is 0. The van der Waals surface area contributed by atoms with Crippen LogP contribution in [0.1, 0.15) is 98.6 Å². The monoisotopic (exact) mass is 791 g/mol. The number of aliphatic hydroxyl groups excluding tert-OH is 1. The van der Waals surface area contributed by atoms with Gasteiger partial charge in [0.2, 0.25) is 17.7 Å². The molecular formula is C43H61N5O9. The number of hydrogen-bond donors (Lipinski definition) is 6. The Kier molecular flexibility index (Phi) is 18.4. The zero-order chi connectivity index (χ0) is 42.2. The largest absolute Gasteiger partial charge is 0.508 e. The van der Waals surface area contributed by atoms with E-state index < -0.39 is 71.8 Å². The number of hydrogen-bond acceptors (Lipinski definition) is 10. The number of Topliss-reactive ketones (excluding diaryl/α,β-unsaturated/α-hetero) is 1. The molecule has 7 atom stereocenters. The highest BCUT2D eigenvalue weighted by Crippen LogP contribution is 2.25. The van der Waals surface area contributed by atoms with Crippen molar-refractivity contribution < 1.29 is 43.7 Å². The number of nitrogens with zero attached hydrogens (tertiary/aromatic N) is 1. The van der Waals surface area contributed by atoms with Gasteiger partial charge in [-0.15, -0.1) is 0 Å². The standard InChI is InChI=1S/C43H61N5O9/c1-26(2)37-41(54)46-38(31-17-13-18-32(50)25-31)42(55)48-24-14-19-34(47-48)43(56)57-35(28(5)16-12-21-36(51)44-27(3)4)20-11-9-8-10-15-29(6)39(52)33(40(53)45-37)23-22-30(7)49/h8-13,16-18,21,25-27,29,33-35,37-39,47,50,52H,14-15,19-20,22-24H2,1-7H3,(H,44,51)(H,45,53)(H,46,54)/b10-8+,11-9+,21-12+,28-16+/t29-,33+,34?,35-,37-,38?,39+/m0/s1. The lowest BCUT2D eigenvalue weighted by atomic mass is 9.85. The van der Waals surface area contributed by atoms with Gasteiger partial charge in [0.1, 0.15) is 35.8 Å². The summed E-state index contributed by atoms with van der Waals surface area (Å²) >= 11 is 0. The summed E-state index contributed by atoms with van der Waals surface area (Å²) in [5.74, 6) is -4.91. The molecule has 14 heteroatoms. The second kappa shape index (κ2) is 22.6. The van der Waals surface area contributed by atoms with Crippen LogP contribution in [-0.2, 0) is 33.5 Å². The minimum atomic E-state index is -1.34. The summed E-state index contributed by atoms with van der Waals surface area (Å²) in [6.07, 6.45) is 11.7. The number of aromatic hydroxyl groups is 1. The number of phenols is 1. The molecular weight excluding hydrogens is 730 g/mol. The number of ketones is 1. The predicted octanol–water partition coefficient (Wildman–Crippen LogP) is 4.01. The number of nitrogens with one attached hydrogen (secondary N) is 4. The number of rotatable bonds is 9. The van der Waals surface area contributed by atoms with E-state index in [1.54, 1.807) is 58.1 Å². The number of esters is 1. The molecule has 6 N–H and O–H groups in total. The molecule has 3 rings (SSSR count). The second-order valence-corrected chi connectivity index (χ2v) is 15.6. The van der Waals surface area contributed by atoms with Crippen LogP contribution in [0.5, 0.6) is 5.75 Å². The minimum absolute atomic E-state index is 0.0346. The van der Waals surface area contributed by atoms with E-state index in [4.69, 9.17) is 4.74 Å². The van der Waals surface area contributed by atoms with Crippen LogP contribution in [-0.4, -0.2) is 87.5 Å². The third-order valence-electron chi connectivity index (χ3n) is 9.91. The molecule has 2 aliphatic rings. The molecule has 0 saturated carbocycles. The molecule has 0 aromatic heterocycles. The zero-order valence-corrected chi connectivity index (χ0v) is 34.2. The van der Waals surface area contributed by atoms with Crippen molar-refractivity contribution in [2.24, 2.45) is 17.8 Å². The number of aliphatic hydroxyl groups is 1. The predicted molar refractivity (Wildman–Crippen MR) is 216 cm³/mol. The molecule has 0 radical (unpaired) electrons. The van der Waals surface area contributed by atoms with E-state index in [1.165, 1.54) is 36.2 Å². The van der Waals surface area contributed by atoms with E-state index in [0.717, 1.165) is 0 Å². The number of cyclic esters (lactones) is 1. The number of benzene rings is 1. The Morgan fingerprint density at radius 3 is 2.37 bits per heavy atom. The summed E-state index contributed by atoms with van der Waals surface area (Å²) in [6, 6.07) is 2.47. The molecule has 2 unspecified atom stereocenters. The fourth-order valence-corrected chi connectivity index (χ4v) is 6.57. The lowest BCUT2D eigenvalue weighted by Crippen LogP contribution is -2.59. The SMILES string of the molecule is CC(=O)CC[C@H]1C(=O)N[C@@H](C(C)C)C(=O)NC(c2cccc(O)c2)C(=O)N2CCCC(N2)C(=O)O[C@H](/C(C)=C/C=C/C(=O)NC(C)C)C/C=C/C=C/C[C@H](C)[C@H]1O. The highest BCUT2D eigenvalue weighted by atomic mass is 16.5. The third-order valence-corrected chi connectivity index (χ3v) is 9.91. The van der Waals surface area contributed by atoms with E-state index >= 15 is 0 Å². The Balaban J connectivity index is 2.05. The van der Waals surface area contributed by atoms with Crippen LogP contribution in [0.15, 0.2) is 72.4 Å². The lowest BCUT2D eigenvalue weighted by Gasteiger charge is -2.36. The van der Waals surface area contributed by atoms with Crippen molar-refractivity contribution in [1.82, 2.24) is 26.4 Å². The van der Waals surface area contributed by atoms with Crippen molar-refractivity contribution in [3.05, 3.63) is 77.9 Å². The molecule has 14 nitrogen and oxygen atoms in total. The number of allylic oxidation sites excluding steroid dienone is 5. The summed E-state index contributed by atoms with van der Waals surface area (Å²) in [5, 5.41) is 31.4. The summed E-state index contributed by atoms with van der Waals surface area (Å²) in [6.45, 7) is 12.4. The van der Waals surface area contributed by atoms with Gasteiger partial charge in [-0.25, -0.2) is 5.43 Å². The smallest absolute Gasteiger partial charge is 0.325 e. The number of carbonyl (C=O) groups excluding carboxylic acids is 6. The lowest BCUT2D eigenvalue weighted by molar-refractivity contribution is -0.156. The van der Waals surface area contributed by atoms with Crippen LogP contribution < -0.4 is 21.4 Å². The van der Waals surface area contributed by atoms with Crippen LogP contribution >= 0.6 is 0 Å². The Morgan fingerprint density at radius 1 is 1.02 bits per heavy atom. The first-order valence-electron chi connectivity index (χ1n) is 19.8. The minimum Gasteiger partial charge on any atom is -0.508 e. The average Bonchev–Trinajstić information content (AvgIpc) is 3.15. The first-order chi connectivity index (χ1) is 27.0. The maximum atomic E-state index is 14.3. The van der Waals surface area contributed by atoms with Gasteiger partial charge in [-0.05, 0) is 88.5 Å². The summed E-state index contributed by atoms with van der Waals surface area (Å²) < 4.78 is 6.03. The zero-order valence-electron chi connectivity index (χ0n) is 34.2. The highest BCUT2D eigenvalue weighted by molar-refractivity contribution is 5.93. The van der Waals surface area contributed by atoms with Crippen molar-refractivity contribution in [3.8, 4) is 5.75 Å². The molecule has 2 aliphatic heterocycles. The first kappa shape index (κ1) is 46.3. The fraction of sp³-hybridized carbons (Fsp3) is 0.535. The van der Waals surface area contributed by atoms with Gasteiger partial charge >= 0.3 is 5.97 Å². The van der Waals surface area contributed by atoms with Gasteiger partial charge in [0.15, 0.2) is 0 Å². The maximum Gasteiger partial charge on any atom is 0.325 e. The van der Waals surface area contributed by atoms with Gasteiger partial charge < -0.3 is 35.7 Å². The number of hydrazine groups is 1. The number of fused-ring (bicyclic) bond motifs is 2. The van der Waals surface area contributed by atoms with Crippen molar-refractivity contribution >= 4 is 35.4 Å². The van der Waals surface area contributed by atoms with Gasteiger partial charge in [0.05, 0.1) is 12.0 Å². The number of phenolic OH excluding ortho intramolecular Hbond substituents is 1. The van der Waals surface area contributed by atoms with Crippen molar-refractivity contribution in [2.75, 3.05) is 6.54 Å². The van der Waals surface area contributed by atoms with Crippen LogP contribution in [0.2, 0.25) is 0 Å². The normalized spacial score (nSPS) is 27.5. The Bertz CT molecular complexity index is 1700. The molecule has 2 heterocycles. The second-order valence-electron chi connectivity index (χ2n) is 15.6. The summed E-state index contributed by atoms with van der Waals surface area (Å²) in [5.41, 5.74) is 3.92. The molecule has 0 spiro atoms. The number of carbonyl (C=O) groups is 6. The van der Waals surface area contributed by atoms with E-state index in [2.05, 4.69) is 21.4 Å². The molecule has 1 saturated heterocycles. The number of ether oxygens (including phenoxy) is 1. The van der Waals surface area contributed by atoms with E-state index in [-0.39, 0.29) is 54.9 Å². The third kappa shape index (κ3) is 14.7. The van der Waals surface area contributed by atoms with Crippen molar-refractivity contribution in [1.29, 1.82) is 0 Å². The van der Waals surface area contributed by atoms with Gasteiger partial charge in [0.25, 0.3) is 5.91 Å². The maximum absolute atomic E-state index is 14.3. The topological polar surface area (TPSA) is 203 Å². The molecule has 2 bridgehead atoms. The summed E-state index contributed by atoms with van der Waals surface area (Å²) in [4.78, 5) is 80.1. The van der Waals surface area contributed by atoms with Crippen LogP contribution in [0, 0.1) is 17.8 Å². The van der Waals surface area contributed by atoms with Gasteiger partial charge in [-0.1, -0.05) is 69.4 Å². The average molecular weight is 792 g/mol. The molecule has 0 aliphatic carbocycles. The molecule has 1 aromatic carbocycles. The van der Waals surface area contributed by atoms with E-state index in [1.807, 2.05) is 26.0 Å². The van der Waals surface area contributed by atoms with Gasteiger partial charge in [0, 0.05) is 31.5 Å². The first-order valence-corrected chi connectivity index (χ1v) is 19.8. The molecule has 4 amide bonds. The van der Waals surface area contributed by atoms with Crippen LogP contribution in [0.4, 0.5) is 0 Å². The van der Waals surface area contributed by atoms with Crippen molar-refractivity contribution in [3.63, 3.8) is 0 Å². The van der Waals surface area contributed by atoms with Crippen LogP contribution in [0.25, 0.3) is 0 Å². The van der Waals surface area contributed by atoms with E-state index in [0.29, 0.717) is 24.8 Å². The van der Waals surface area contributed by atoms with Crippen LogP contribution in [0.3, 0.4) is 0 Å². The van der Waals surface area contributed by atoms with Gasteiger partial charge in [-0.2, -0.15) is 0 Å². The molecule has 57 heavy (non-hydrogen) atoms. The Morgan fingerprint density at radius 2 is 1.72 bits per heavy atom. The number of amides is 4.